The summed E-state index contributed by atoms with van der Waals surface area (Å²) in [7, 11) is 0. The van der Waals surface area contributed by atoms with Gasteiger partial charge in [0, 0.05) is 5.56 Å². The Balaban J connectivity index is 1.86. The molecule has 1 aliphatic heterocycles. The van der Waals surface area contributed by atoms with Gasteiger partial charge in [-0.2, -0.15) is 0 Å². The van der Waals surface area contributed by atoms with Crippen LogP contribution in [0.15, 0.2) is 58.4 Å². The number of aliphatic carboxylic acids is 1. The minimum atomic E-state index is -1.02. The summed E-state index contributed by atoms with van der Waals surface area (Å²) in [5, 5.41) is 12.5. The van der Waals surface area contributed by atoms with Crippen molar-refractivity contribution in [3.05, 3.63) is 64.6 Å². The van der Waals surface area contributed by atoms with E-state index in [4.69, 9.17) is 4.74 Å². The highest BCUT2D eigenvalue weighted by Crippen LogP contribution is 2.31. The van der Waals surface area contributed by atoms with Gasteiger partial charge >= 0.3 is 5.97 Å². The van der Waals surface area contributed by atoms with E-state index < -0.39 is 12.1 Å². The van der Waals surface area contributed by atoms with Crippen molar-refractivity contribution < 1.29 is 19.4 Å². The Bertz CT molecular complexity index is 984. The second-order valence-electron chi connectivity index (χ2n) is 6.35. The number of aliphatic imine (C=N–C) groups is 1. The summed E-state index contributed by atoms with van der Waals surface area (Å²) < 4.78 is 5.64. The second kappa shape index (κ2) is 9.43. The fourth-order valence-corrected chi connectivity index (χ4v) is 3.64. The van der Waals surface area contributed by atoms with E-state index >= 15 is 0 Å². The maximum atomic E-state index is 12.4. The molecule has 3 rings (SSSR count). The van der Waals surface area contributed by atoms with Crippen LogP contribution in [0.4, 0.5) is 5.69 Å². The van der Waals surface area contributed by atoms with E-state index in [-0.39, 0.29) is 5.91 Å². The molecular weight excluding hydrogens is 388 g/mol. The summed E-state index contributed by atoms with van der Waals surface area (Å²) in [6.07, 6.45) is 1.94. The fourth-order valence-electron chi connectivity index (χ4n) is 2.82. The van der Waals surface area contributed by atoms with Crippen molar-refractivity contribution in [2.45, 2.75) is 32.8 Å². The highest BCUT2D eigenvalue weighted by atomic mass is 32.2. The van der Waals surface area contributed by atoms with Crippen molar-refractivity contribution in [3.8, 4) is 5.75 Å². The maximum absolute atomic E-state index is 12.4. The number of nitrogens with one attached hydrogen (secondary N) is 1. The normalized spacial score (nSPS) is 17.4. The number of carbonyl (C=O) groups excluding carboxylic acids is 1. The summed E-state index contributed by atoms with van der Waals surface area (Å²) >= 11 is 1.25. The van der Waals surface area contributed by atoms with Gasteiger partial charge in [-0.1, -0.05) is 50.2 Å². The number of carbonyl (C=O) groups is 2. The minimum absolute atomic E-state index is 0.247. The van der Waals surface area contributed by atoms with Gasteiger partial charge in [0.1, 0.15) is 5.75 Å². The van der Waals surface area contributed by atoms with Gasteiger partial charge in [0.25, 0.3) is 5.91 Å². The standard InChI is InChI=1S/C22H22N2O4S/c1-3-14-9-5-7-11-16(14)23-22-24-20(25)19(29-22)13-15-10-6-8-12-18(15)28-17(4-2)21(26)27/h5-13,17H,3-4H2,1-2H3,(H,26,27)(H,23,24,25)/b19-13+. The number of carboxylic acid groups (broad SMARTS) is 1. The molecule has 1 amide bonds. The summed E-state index contributed by atoms with van der Waals surface area (Å²) in [5.74, 6) is -0.848. The van der Waals surface area contributed by atoms with Crippen molar-refractivity contribution in [1.82, 2.24) is 5.32 Å². The van der Waals surface area contributed by atoms with E-state index in [0.29, 0.717) is 27.8 Å². The van der Waals surface area contributed by atoms with Gasteiger partial charge in [-0.05, 0) is 48.4 Å². The molecule has 2 aromatic carbocycles. The average molecular weight is 410 g/mol. The molecule has 0 radical (unpaired) electrons. The van der Waals surface area contributed by atoms with Crippen LogP contribution in [0.5, 0.6) is 5.75 Å². The van der Waals surface area contributed by atoms with Gasteiger partial charge in [0.05, 0.1) is 10.6 Å². The Kier molecular flexibility index (Phi) is 6.72. The number of para-hydroxylation sites is 2. The molecule has 2 aromatic rings. The monoisotopic (exact) mass is 410 g/mol. The third kappa shape index (κ3) is 5.06. The van der Waals surface area contributed by atoms with Gasteiger partial charge in [0.2, 0.25) is 0 Å². The van der Waals surface area contributed by atoms with Gasteiger partial charge in [0.15, 0.2) is 11.3 Å². The first kappa shape index (κ1) is 20.7. The lowest BCUT2D eigenvalue weighted by Crippen LogP contribution is -2.26. The quantitative estimate of drug-likeness (QED) is 0.661. The van der Waals surface area contributed by atoms with Crippen LogP contribution in [0.2, 0.25) is 0 Å². The molecule has 1 heterocycles. The molecule has 1 unspecified atom stereocenters. The number of carboxylic acids is 1. The van der Waals surface area contributed by atoms with Crippen LogP contribution >= 0.6 is 11.8 Å². The van der Waals surface area contributed by atoms with Gasteiger partial charge < -0.3 is 15.2 Å². The Morgan fingerprint density at radius 3 is 2.66 bits per heavy atom. The predicted molar refractivity (Wildman–Crippen MR) is 115 cm³/mol. The molecular formula is C22H22N2O4S. The molecule has 6 nitrogen and oxygen atoms in total. The summed E-state index contributed by atoms with van der Waals surface area (Å²) in [5.41, 5.74) is 2.57. The van der Waals surface area contributed by atoms with E-state index in [9.17, 15) is 14.7 Å². The first-order chi connectivity index (χ1) is 14.0. The van der Waals surface area contributed by atoms with Gasteiger partial charge in [-0.15, -0.1) is 0 Å². The van der Waals surface area contributed by atoms with Crippen LogP contribution in [0, 0.1) is 0 Å². The molecule has 1 saturated heterocycles. The first-order valence-electron chi connectivity index (χ1n) is 9.37. The number of aryl methyl sites for hydroxylation is 1. The number of thioether (sulfide) groups is 1. The number of amidine groups is 1. The molecule has 2 N–H and O–H groups in total. The molecule has 0 saturated carbocycles. The van der Waals surface area contributed by atoms with Crippen LogP contribution in [0.1, 0.15) is 31.4 Å². The lowest BCUT2D eigenvalue weighted by molar-refractivity contribution is -0.145. The number of ether oxygens (including phenoxy) is 1. The van der Waals surface area contributed by atoms with Crippen molar-refractivity contribution in [2.75, 3.05) is 0 Å². The molecule has 0 bridgehead atoms. The molecule has 1 fully saturated rings. The van der Waals surface area contributed by atoms with E-state index in [1.54, 1.807) is 31.2 Å². The van der Waals surface area contributed by atoms with Crippen molar-refractivity contribution in [3.63, 3.8) is 0 Å². The third-order valence-electron chi connectivity index (χ3n) is 4.37. The van der Waals surface area contributed by atoms with Crippen molar-refractivity contribution in [2.24, 2.45) is 4.99 Å². The van der Waals surface area contributed by atoms with Crippen LogP contribution in [-0.2, 0) is 16.0 Å². The topological polar surface area (TPSA) is 88.0 Å². The number of nitrogens with zero attached hydrogens (tertiary/aromatic N) is 1. The molecule has 1 atom stereocenters. The smallest absolute Gasteiger partial charge is 0.344 e. The van der Waals surface area contributed by atoms with Gasteiger partial charge in [-0.3, -0.25) is 4.79 Å². The molecule has 150 valence electrons. The Morgan fingerprint density at radius 1 is 1.21 bits per heavy atom. The predicted octanol–water partition coefficient (Wildman–Crippen LogP) is 4.38. The number of hydrogen-bond acceptors (Lipinski definition) is 5. The average Bonchev–Trinajstić information content (AvgIpc) is 3.06. The van der Waals surface area contributed by atoms with Crippen molar-refractivity contribution >= 4 is 40.6 Å². The molecule has 29 heavy (non-hydrogen) atoms. The highest BCUT2D eigenvalue weighted by Gasteiger charge is 2.25. The Hall–Kier alpha value is -3.06. The van der Waals surface area contributed by atoms with E-state index in [2.05, 4.69) is 17.2 Å². The summed E-state index contributed by atoms with van der Waals surface area (Å²) in [6, 6.07) is 14.9. The van der Waals surface area contributed by atoms with Crippen LogP contribution in [0.25, 0.3) is 6.08 Å². The third-order valence-corrected chi connectivity index (χ3v) is 5.28. The highest BCUT2D eigenvalue weighted by molar-refractivity contribution is 8.18. The summed E-state index contributed by atoms with van der Waals surface area (Å²) in [4.78, 5) is 28.7. The first-order valence-corrected chi connectivity index (χ1v) is 10.2. The second-order valence-corrected chi connectivity index (χ2v) is 7.39. The minimum Gasteiger partial charge on any atom is -0.479 e. The number of benzene rings is 2. The summed E-state index contributed by atoms with van der Waals surface area (Å²) in [6.45, 7) is 3.80. The number of amides is 1. The van der Waals surface area contributed by atoms with Crippen molar-refractivity contribution in [1.29, 1.82) is 0 Å². The van der Waals surface area contributed by atoms with E-state index in [1.165, 1.54) is 11.8 Å². The Labute approximate surface area is 173 Å². The van der Waals surface area contributed by atoms with Crippen LogP contribution in [-0.4, -0.2) is 28.3 Å². The molecule has 0 aromatic heterocycles. The SMILES string of the molecule is CCc1ccccc1N=C1NC(=O)/C(=C\c2ccccc2OC(CC)C(=O)O)S1. The number of hydrogen-bond donors (Lipinski definition) is 2. The number of rotatable bonds is 7. The Morgan fingerprint density at radius 2 is 1.93 bits per heavy atom. The fraction of sp³-hybridized carbons (Fsp3) is 0.227. The maximum Gasteiger partial charge on any atom is 0.344 e. The zero-order chi connectivity index (χ0) is 20.8. The largest absolute Gasteiger partial charge is 0.479 e. The molecule has 1 aliphatic rings. The molecule has 7 heteroatoms. The lowest BCUT2D eigenvalue weighted by Gasteiger charge is -2.15. The lowest BCUT2D eigenvalue weighted by atomic mass is 10.1. The molecule has 0 aliphatic carbocycles. The van der Waals surface area contributed by atoms with E-state index in [1.807, 2.05) is 30.3 Å². The zero-order valence-corrected chi connectivity index (χ0v) is 17.0. The van der Waals surface area contributed by atoms with Gasteiger partial charge in [-0.25, -0.2) is 9.79 Å². The van der Waals surface area contributed by atoms with Crippen LogP contribution < -0.4 is 10.1 Å². The van der Waals surface area contributed by atoms with Crippen LogP contribution in [0.3, 0.4) is 0 Å². The van der Waals surface area contributed by atoms with E-state index in [0.717, 1.165) is 17.7 Å². The molecule has 0 spiro atoms. The zero-order valence-electron chi connectivity index (χ0n) is 16.2.